The van der Waals surface area contributed by atoms with Crippen LogP contribution in [0.1, 0.15) is 52.0 Å². The Morgan fingerprint density at radius 2 is 1.77 bits per heavy atom. The van der Waals surface area contributed by atoms with Crippen molar-refractivity contribution in [3.05, 3.63) is 35.9 Å². The first-order chi connectivity index (χ1) is 10.6. The Labute approximate surface area is 135 Å². The quantitative estimate of drug-likeness (QED) is 0.481. The summed E-state index contributed by atoms with van der Waals surface area (Å²) in [6, 6.07) is 9.99. The maximum atomic E-state index is 12.5. The molecule has 0 aliphatic rings. The van der Waals surface area contributed by atoms with Gasteiger partial charge in [-0.2, -0.15) is 0 Å². The van der Waals surface area contributed by atoms with E-state index in [0.29, 0.717) is 6.61 Å². The molecule has 0 aromatic heterocycles. The first kappa shape index (κ1) is 18.7. The lowest BCUT2D eigenvalue weighted by molar-refractivity contribution is -0.147. The van der Waals surface area contributed by atoms with E-state index in [0.717, 1.165) is 38.0 Å². The van der Waals surface area contributed by atoms with Gasteiger partial charge in [-0.3, -0.25) is 4.79 Å². The topological polar surface area (TPSA) is 29.5 Å². The molecule has 0 fully saturated rings. The molecule has 0 heterocycles. The fourth-order valence-electron chi connectivity index (χ4n) is 2.68. The van der Waals surface area contributed by atoms with E-state index >= 15 is 0 Å². The van der Waals surface area contributed by atoms with Gasteiger partial charge in [-0.05, 0) is 31.0 Å². The summed E-state index contributed by atoms with van der Waals surface area (Å²) in [4.78, 5) is 14.8. The molecule has 0 aliphatic carbocycles. The Balaban J connectivity index is 2.55. The molecule has 1 rings (SSSR count). The van der Waals surface area contributed by atoms with E-state index in [1.54, 1.807) is 0 Å². The number of hydrogen-bond acceptors (Lipinski definition) is 3. The predicted octanol–water partition coefficient (Wildman–Crippen LogP) is 4.09. The summed E-state index contributed by atoms with van der Waals surface area (Å²) in [5.41, 5.74) is 1.06. The van der Waals surface area contributed by atoms with Gasteiger partial charge in [0, 0.05) is 6.54 Å². The summed E-state index contributed by atoms with van der Waals surface area (Å²) >= 11 is 0. The van der Waals surface area contributed by atoms with Crippen molar-refractivity contribution in [3.63, 3.8) is 0 Å². The van der Waals surface area contributed by atoms with E-state index in [1.807, 2.05) is 30.3 Å². The number of esters is 1. The second-order valence-corrected chi connectivity index (χ2v) is 5.82. The van der Waals surface area contributed by atoms with Gasteiger partial charge in [-0.1, -0.05) is 64.4 Å². The zero-order valence-corrected chi connectivity index (χ0v) is 14.5. The second-order valence-electron chi connectivity index (χ2n) is 5.82. The van der Waals surface area contributed by atoms with Crippen LogP contribution in [0.25, 0.3) is 0 Å². The fraction of sp³-hybridized carbons (Fsp3) is 0.632. The van der Waals surface area contributed by atoms with Crippen LogP contribution >= 0.6 is 0 Å². The van der Waals surface area contributed by atoms with Crippen LogP contribution in [-0.2, 0) is 9.53 Å². The molecule has 0 spiro atoms. The molecule has 1 aromatic carbocycles. The summed E-state index contributed by atoms with van der Waals surface area (Å²) in [5, 5.41) is 0. The highest BCUT2D eigenvalue weighted by molar-refractivity contribution is 5.78. The lowest BCUT2D eigenvalue weighted by atomic mass is 9.86. The summed E-state index contributed by atoms with van der Waals surface area (Å²) < 4.78 is 5.56. The molecule has 0 bridgehead atoms. The van der Waals surface area contributed by atoms with Gasteiger partial charge in [-0.25, -0.2) is 0 Å². The normalized spacial score (nSPS) is 13.9. The molecular weight excluding hydrogens is 274 g/mol. The van der Waals surface area contributed by atoms with Gasteiger partial charge >= 0.3 is 5.97 Å². The molecule has 2 atom stereocenters. The zero-order chi connectivity index (χ0) is 16.4. The molecule has 0 N–H and O–H groups in total. The number of rotatable bonds is 10. The monoisotopic (exact) mass is 305 g/mol. The second kappa shape index (κ2) is 10.4. The minimum Gasteiger partial charge on any atom is -0.465 e. The zero-order valence-electron chi connectivity index (χ0n) is 14.5. The van der Waals surface area contributed by atoms with Crippen molar-refractivity contribution in [1.82, 2.24) is 4.90 Å². The highest BCUT2D eigenvalue weighted by atomic mass is 16.5. The number of benzene rings is 1. The molecule has 22 heavy (non-hydrogen) atoms. The highest BCUT2D eigenvalue weighted by Crippen LogP contribution is 2.28. The molecule has 0 saturated heterocycles. The summed E-state index contributed by atoms with van der Waals surface area (Å²) in [7, 11) is 0. The van der Waals surface area contributed by atoms with Gasteiger partial charge in [0.1, 0.15) is 0 Å². The van der Waals surface area contributed by atoms with Crippen molar-refractivity contribution >= 4 is 5.97 Å². The maximum Gasteiger partial charge on any atom is 0.313 e. The molecule has 0 aliphatic heterocycles. The van der Waals surface area contributed by atoms with Crippen molar-refractivity contribution in [3.8, 4) is 0 Å². The summed E-state index contributed by atoms with van der Waals surface area (Å²) in [5.74, 6) is 0.0532. The molecular formula is C19H31NO2. The predicted molar refractivity (Wildman–Crippen MR) is 92.0 cm³/mol. The third kappa shape index (κ3) is 5.80. The summed E-state index contributed by atoms with van der Waals surface area (Å²) in [6.45, 7) is 12.1. The minimum atomic E-state index is -0.153. The number of carbonyl (C=O) groups is 1. The van der Waals surface area contributed by atoms with Crippen molar-refractivity contribution in [1.29, 1.82) is 0 Å². The van der Waals surface area contributed by atoms with E-state index < -0.39 is 0 Å². The first-order valence-corrected chi connectivity index (χ1v) is 8.57. The smallest absolute Gasteiger partial charge is 0.313 e. The molecule has 0 saturated carbocycles. The lowest BCUT2D eigenvalue weighted by Crippen LogP contribution is -2.26. The highest BCUT2D eigenvalue weighted by Gasteiger charge is 2.27. The van der Waals surface area contributed by atoms with E-state index in [1.165, 1.54) is 0 Å². The van der Waals surface area contributed by atoms with Crippen LogP contribution in [0.15, 0.2) is 30.3 Å². The molecule has 3 nitrogen and oxygen atoms in total. The van der Waals surface area contributed by atoms with E-state index in [2.05, 4.69) is 32.6 Å². The van der Waals surface area contributed by atoms with Crippen LogP contribution < -0.4 is 0 Å². The SMILES string of the molecule is CC[C@H](C)[C@H](C(=O)OCCCN(CC)CC)c1ccccc1. The Bertz CT molecular complexity index is 415. The van der Waals surface area contributed by atoms with E-state index in [4.69, 9.17) is 4.74 Å². The minimum absolute atomic E-state index is 0.0832. The third-order valence-corrected chi connectivity index (χ3v) is 4.38. The van der Waals surface area contributed by atoms with Crippen LogP contribution in [0.3, 0.4) is 0 Å². The van der Waals surface area contributed by atoms with Crippen LogP contribution in [0.2, 0.25) is 0 Å². The fourth-order valence-corrected chi connectivity index (χ4v) is 2.68. The molecule has 3 heteroatoms. The van der Waals surface area contributed by atoms with Gasteiger partial charge in [0.2, 0.25) is 0 Å². The number of hydrogen-bond donors (Lipinski definition) is 0. The van der Waals surface area contributed by atoms with Gasteiger partial charge < -0.3 is 9.64 Å². The largest absolute Gasteiger partial charge is 0.465 e. The van der Waals surface area contributed by atoms with Crippen molar-refractivity contribution in [2.45, 2.75) is 46.5 Å². The Hall–Kier alpha value is -1.35. The molecule has 1 aromatic rings. The van der Waals surface area contributed by atoms with Crippen molar-refractivity contribution in [2.75, 3.05) is 26.2 Å². The Kier molecular flexibility index (Phi) is 8.83. The van der Waals surface area contributed by atoms with Gasteiger partial charge in [0.25, 0.3) is 0 Å². The molecule has 0 radical (unpaired) electrons. The standard InChI is InChI=1S/C19H31NO2/c1-5-16(4)18(17-12-9-8-10-13-17)19(21)22-15-11-14-20(6-2)7-3/h8-10,12-13,16,18H,5-7,11,14-15H2,1-4H3/t16-,18-/m0/s1. The lowest BCUT2D eigenvalue weighted by Gasteiger charge is -2.22. The molecule has 0 unspecified atom stereocenters. The average Bonchev–Trinajstić information content (AvgIpc) is 2.56. The maximum absolute atomic E-state index is 12.5. The van der Waals surface area contributed by atoms with Crippen LogP contribution in [-0.4, -0.2) is 37.1 Å². The van der Waals surface area contributed by atoms with Gasteiger partial charge in [-0.15, -0.1) is 0 Å². The molecule has 0 amide bonds. The summed E-state index contributed by atoms with van der Waals surface area (Å²) in [6.07, 6.45) is 1.86. The van der Waals surface area contributed by atoms with E-state index in [-0.39, 0.29) is 17.8 Å². The number of ether oxygens (including phenoxy) is 1. The molecule has 124 valence electrons. The van der Waals surface area contributed by atoms with Crippen molar-refractivity contribution < 1.29 is 9.53 Å². The van der Waals surface area contributed by atoms with Gasteiger partial charge in [0.15, 0.2) is 0 Å². The van der Waals surface area contributed by atoms with Crippen molar-refractivity contribution in [2.24, 2.45) is 5.92 Å². The first-order valence-electron chi connectivity index (χ1n) is 8.57. The Morgan fingerprint density at radius 3 is 2.32 bits per heavy atom. The van der Waals surface area contributed by atoms with E-state index in [9.17, 15) is 4.79 Å². The van der Waals surface area contributed by atoms with Crippen LogP contribution in [0, 0.1) is 5.92 Å². The van der Waals surface area contributed by atoms with Gasteiger partial charge in [0.05, 0.1) is 12.5 Å². The van der Waals surface area contributed by atoms with Crippen LogP contribution in [0.4, 0.5) is 0 Å². The average molecular weight is 305 g/mol. The number of carbonyl (C=O) groups excluding carboxylic acids is 1. The number of nitrogens with zero attached hydrogens (tertiary/aromatic N) is 1. The Morgan fingerprint density at radius 1 is 1.14 bits per heavy atom. The van der Waals surface area contributed by atoms with Crippen LogP contribution in [0.5, 0.6) is 0 Å². The third-order valence-electron chi connectivity index (χ3n) is 4.38.